The van der Waals surface area contributed by atoms with Crippen LogP contribution in [0.5, 0.6) is 0 Å². The van der Waals surface area contributed by atoms with Gasteiger partial charge in [0.15, 0.2) is 0 Å². The van der Waals surface area contributed by atoms with Crippen LogP contribution < -0.4 is 5.32 Å². The van der Waals surface area contributed by atoms with Gasteiger partial charge in [0.25, 0.3) is 0 Å². The molecule has 0 aromatic carbocycles. The van der Waals surface area contributed by atoms with Crippen molar-refractivity contribution >= 4 is 11.9 Å². The van der Waals surface area contributed by atoms with Crippen molar-refractivity contribution in [2.45, 2.75) is 51.7 Å². The summed E-state index contributed by atoms with van der Waals surface area (Å²) in [6.45, 7) is 6.59. The van der Waals surface area contributed by atoms with Gasteiger partial charge in [-0.2, -0.15) is 0 Å². The predicted molar refractivity (Wildman–Crippen MR) is 79.9 cm³/mol. The van der Waals surface area contributed by atoms with E-state index >= 15 is 0 Å². The number of methoxy groups -OCH3 is 1. The summed E-state index contributed by atoms with van der Waals surface area (Å²) in [6.07, 6.45) is 3.33. The molecule has 0 aromatic heterocycles. The molecule has 6 nitrogen and oxygen atoms in total. The van der Waals surface area contributed by atoms with Crippen molar-refractivity contribution in [3.8, 4) is 0 Å². The van der Waals surface area contributed by atoms with Crippen molar-refractivity contribution in [1.82, 2.24) is 10.2 Å². The van der Waals surface area contributed by atoms with Gasteiger partial charge in [-0.3, -0.25) is 14.5 Å². The first kappa shape index (κ1) is 17.9. The second-order valence-electron chi connectivity index (χ2n) is 5.44. The number of amides is 1. The minimum absolute atomic E-state index is 0.0461. The summed E-state index contributed by atoms with van der Waals surface area (Å²) in [6, 6.07) is -0.198. The van der Waals surface area contributed by atoms with E-state index in [1.54, 1.807) is 0 Å². The highest BCUT2D eigenvalue weighted by molar-refractivity contribution is 5.81. The van der Waals surface area contributed by atoms with E-state index in [2.05, 4.69) is 21.9 Å². The average molecular weight is 300 g/mol. The number of rotatable bonds is 8. The third-order valence-electron chi connectivity index (χ3n) is 3.80. The molecule has 0 spiro atoms. The number of hydrogen-bond donors (Lipinski definition) is 1. The number of nitrogens with zero attached hydrogens (tertiary/aromatic N) is 1. The molecule has 1 aliphatic rings. The van der Waals surface area contributed by atoms with Crippen LogP contribution in [0.2, 0.25) is 0 Å². The Labute approximate surface area is 127 Å². The number of morpholine rings is 1. The third kappa shape index (κ3) is 6.44. The largest absolute Gasteiger partial charge is 0.469 e. The lowest BCUT2D eigenvalue weighted by Crippen LogP contribution is -2.52. The highest BCUT2D eigenvalue weighted by Crippen LogP contribution is 2.12. The fraction of sp³-hybridized carbons (Fsp3) is 0.867. The molecule has 1 rings (SSSR count). The molecule has 2 unspecified atom stereocenters. The summed E-state index contributed by atoms with van der Waals surface area (Å²) in [5, 5.41) is 2.97. The second-order valence-corrected chi connectivity index (χ2v) is 5.44. The van der Waals surface area contributed by atoms with E-state index < -0.39 is 0 Å². The van der Waals surface area contributed by atoms with Gasteiger partial charge in [-0.1, -0.05) is 19.8 Å². The molecular weight excluding hydrogens is 272 g/mol. The fourth-order valence-corrected chi connectivity index (χ4v) is 2.39. The molecule has 1 fully saturated rings. The first-order valence-corrected chi connectivity index (χ1v) is 7.78. The normalized spacial score (nSPS) is 20.8. The van der Waals surface area contributed by atoms with E-state index in [0.717, 1.165) is 25.8 Å². The van der Waals surface area contributed by atoms with Crippen molar-refractivity contribution < 1.29 is 19.1 Å². The summed E-state index contributed by atoms with van der Waals surface area (Å²) in [5.74, 6) is -0.233. The number of ether oxygens (including phenoxy) is 2. The smallest absolute Gasteiger partial charge is 0.308 e. The maximum atomic E-state index is 12.1. The molecule has 0 bridgehead atoms. The molecule has 1 amide bonds. The van der Waals surface area contributed by atoms with Crippen LogP contribution in [0.3, 0.4) is 0 Å². The van der Waals surface area contributed by atoms with Gasteiger partial charge in [0.1, 0.15) is 0 Å². The fourth-order valence-electron chi connectivity index (χ4n) is 2.39. The molecule has 2 atom stereocenters. The minimum Gasteiger partial charge on any atom is -0.469 e. The Bertz CT molecular complexity index is 336. The van der Waals surface area contributed by atoms with Crippen LogP contribution in [0.4, 0.5) is 0 Å². The van der Waals surface area contributed by atoms with E-state index in [9.17, 15) is 9.59 Å². The highest BCUT2D eigenvalue weighted by Gasteiger charge is 2.29. The quantitative estimate of drug-likeness (QED) is 0.534. The van der Waals surface area contributed by atoms with E-state index in [0.29, 0.717) is 19.7 Å². The van der Waals surface area contributed by atoms with Gasteiger partial charge >= 0.3 is 5.97 Å². The standard InChI is InChI=1S/C15H28N2O4/c1-4-5-6-7-16-15(19)12(2)17-8-9-21-13(11-17)10-14(18)20-3/h12-13H,4-11H2,1-3H3,(H,16,19). The maximum absolute atomic E-state index is 12.1. The Hall–Kier alpha value is -1.14. The lowest BCUT2D eigenvalue weighted by molar-refractivity contribution is -0.146. The second kappa shape index (κ2) is 9.73. The van der Waals surface area contributed by atoms with Crippen molar-refractivity contribution in [3.05, 3.63) is 0 Å². The number of esters is 1. The monoisotopic (exact) mass is 300 g/mol. The molecule has 122 valence electrons. The van der Waals surface area contributed by atoms with Crippen molar-refractivity contribution in [1.29, 1.82) is 0 Å². The first-order chi connectivity index (χ1) is 10.1. The Morgan fingerprint density at radius 1 is 1.43 bits per heavy atom. The van der Waals surface area contributed by atoms with E-state index in [1.165, 1.54) is 7.11 Å². The molecule has 1 saturated heterocycles. The Morgan fingerprint density at radius 2 is 2.19 bits per heavy atom. The summed E-state index contributed by atoms with van der Waals surface area (Å²) in [4.78, 5) is 25.5. The van der Waals surface area contributed by atoms with Crippen LogP contribution in [0, 0.1) is 0 Å². The van der Waals surface area contributed by atoms with E-state index in [4.69, 9.17) is 4.74 Å². The Morgan fingerprint density at radius 3 is 2.86 bits per heavy atom. The van der Waals surface area contributed by atoms with Crippen LogP contribution in [0.25, 0.3) is 0 Å². The summed E-state index contributed by atoms with van der Waals surface area (Å²) in [5.41, 5.74) is 0. The molecule has 0 aliphatic carbocycles. The molecular formula is C15H28N2O4. The molecule has 0 aromatic rings. The number of unbranched alkanes of at least 4 members (excludes halogenated alkanes) is 2. The summed E-state index contributed by atoms with van der Waals surface area (Å²) < 4.78 is 10.2. The maximum Gasteiger partial charge on any atom is 0.308 e. The number of nitrogens with one attached hydrogen (secondary N) is 1. The number of carbonyl (C=O) groups is 2. The summed E-state index contributed by atoms with van der Waals surface area (Å²) in [7, 11) is 1.37. The van der Waals surface area contributed by atoms with Crippen LogP contribution in [0.1, 0.15) is 39.5 Å². The third-order valence-corrected chi connectivity index (χ3v) is 3.80. The molecule has 1 N–H and O–H groups in total. The van der Waals surface area contributed by atoms with Crippen molar-refractivity contribution in [3.63, 3.8) is 0 Å². The number of carbonyl (C=O) groups excluding carboxylic acids is 2. The average Bonchev–Trinajstić information content (AvgIpc) is 2.50. The molecule has 1 aliphatic heterocycles. The van der Waals surface area contributed by atoms with Gasteiger partial charge in [-0.15, -0.1) is 0 Å². The zero-order chi connectivity index (χ0) is 15.7. The van der Waals surface area contributed by atoms with E-state index in [-0.39, 0.29) is 30.4 Å². The van der Waals surface area contributed by atoms with Gasteiger partial charge in [0, 0.05) is 19.6 Å². The summed E-state index contributed by atoms with van der Waals surface area (Å²) >= 11 is 0. The Balaban J connectivity index is 2.36. The lowest BCUT2D eigenvalue weighted by Gasteiger charge is -2.35. The predicted octanol–water partition coefficient (Wildman–Crippen LogP) is 0.945. The van der Waals surface area contributed by atoms with Crippen molar-refractivity contribution in [2.24, 2.45) is 0 Å². The SMILES string of the molecule is CCCCCNC(=O)C(C)N1CCOC(CC(=O)OC)C1. The molecule has 0 radical (unpaired) electrons. The zero-order valence-electron chi connectivity index (χ0n) is 13.4. The molecule has 0 saturated carbocycles. The highest BCUT2D eigenvalue weighted by atomic mass is 16.5. The zero-order valence-corrected chi connectivity index (χ0v) is 13.4. The van der Waals surface area contributed by atoms with Gasteiger partial charge in [0.05, 0.1) is 32.3 Å². The van der Waals surface area contributed by atoms with Gasteiger partial charge < -0.3 is 14.8 Å². The molecule has 21 heavy (non-hydrogen) atoms. The number of hydrogen-bond acceptors (Lipinski definition) is 5. The van der Waals surface area contributed by atoms with Crippen LogP contribution in [-0.4, -0.2) is 62.3 Å². The van der Waals surface area contributed by atoms with E-state index in [1.807, 2.05) is 6.92 Å². The lowest BCUT2D eigenvalue weighted by atomic mass is 10.1. The van der Waals surface area contributed by atoms with Gasteiger partial charge in [0.2, 0.25) is 5.91 Å². The van der Waals surface area contributed by atoms with Gasteiger partial charge in [-0.25, -0.2) is 0 Å². The molecule has 6 heteroatoms. The van der Waals surface area contributed by atoms with Crippen LogP contribution >= 0.6 is 0 Å². The van der Waals surface area contributed by atoms with Crippen LogP contribution in [-0.2, 0) is 19.1 Å². The topological polar surface area (TPSA) is 67.9 Å². The molecule has 1 heterocycles. The van der Waals surface area contributed by atoms with Crippen molar-refractivity contribution in [2.75, 3.05) is 33.4 Å². The Kier molecular flexibility index (Phi) is 8.30. The first-order valence-electron chi connectivity index (χ1n) is 7.78. The minimum atomic E-state index is -0.279. The van der Waals surface area contributed by atoms with Gasteiger partial charge in [-0.05, 0) is 13.3 Å². The van der Waals surface area contributed by atoms with Crippen LogP contribution in [0.15, 0.2) is 0 Å².